The van der Waals surface area contributed by atoms with Crippen molar-refractivity contribution in [3.63, 3.8) is 0 Å². The van der Waals surface area contributed by atoms with Crippen molar-refractivity contribution in [2.75, 3.05) is 6.54 Å². The minimum absolute atomic E-state index is 0.177. The Morgan fingerprint density at radius 1 is 1.79 bits per heavy atom. The van der Waals surface area contributed by atoms with E-state index in [1.54, 1.807) is 0 Å². The highest BCUT2D eigenvalue weighted by atomic mass is 79.9. The molecule has 5 nitrogen and oxygen atoms in total. The minimum atomic E-state index is -0.177. The predicted molar refractivity (Wildman–Crippen MR) is 54.2 cm³/mol. The van der Waals surface area contributed by atoms with Crippen LogP contribution in [0, 0.1) is 5.92 Å². The van der Waals surface area contributed by atoms with Crippen LogP contribution in [0.1, 0.15) is 23.3 Å². The van der Waals surface area contributed by atoms with Gasteiger partial charge in [-0.05, 0) is 18.8 Å². The maximum atomic E-state index is 11.4. The summed E-state index contributed by atoms with van der Waals surface area (Å²) in [5.74, 6) is 0.552. The van der Waals surface area contributed by atoms with Crippen molar-refractivity contribution in [2.24, 2.45) is 5.92 Å². The lowest BCUT2D eigenvalue weighted by molar-refractivity contribution is 0.0948. The highest BCUT2D eigenvalue weighted by Gasteiger charge is 2.29. The molecule has 1 saturated carbocycles. The van der Waals surface area contributed by atoms with Crippen LogP contribution in [0.2, 0.25) is 0 Å². The zero-order chi connectivity index (χ0) is 9.97. The maximum absolute atomic E-state index is 11.4. The number of carbonyl (C=O) groups is 1. The van der Waals surface area contributed by atoms with Gasteiger partial charge in [-0.15, -0.1) is 0 Å². The lowest BCUT2D eigenvalue weighted by Gasteiger charge is -2.08. The second-order valence-corrected chi connectivity index (χ2v) is 4.59. The van der Waals surface area contributed by atoms with Crippen LogP contribution >= 0.6 is 15.9 Å². The topological polar surface area (TPSA) is 70.7 Å². The van der Waals surface area contributed by atoms with Crippen molar-refractivity contribution >= 4 is 21.8 Å². The molecule has 2 N–H and O–H groups in total. The molecule has 1 atom stereocenters. The van der Waals surface area contributed by atoms with Gasteiger partial charge in [-0.2, -0.15) is 15.4 Å². The Hall–Kier alpha value is -0.910. The Morgan fingerprint density at radius 3 is 3.14 bits per heavy atom. The molecule has 76 valence electrons. The van der Waals surface area contributed by atoms with E-state index < -0.39 is 0 Å². The summed E-state index contributed by atoms with van der Waals surface area (Å²) in [7, 11) is 0. The molecule has 1 fully saturated rings. The highest BCUT2D eigenvalue weighted by Crippen LogP contribution is 2.36. The van der Waals surface area contributed by atoms with E-state index in [1.165, 1.54) is 19.0 Å². The van der Waals surface area contributed by atoms with Gasteiger partial charge in [0.05, 0.1) is 6.20 Å². The number of alkyl halides is 1. The lowest BCUT2D eigenvalue weighted by atomic mass is 10.3. The fourth-order valence-electron chi connectivity index (χ4n) is 1.22. The van der Waals surface area contributed by atoms with Crippen molar-refractivity contribution in [1.29, 1.82) is 0 Å². The van der Waals surface area contributed by atoms with Crippen LogP contribution in [0.4, 0.5) is 0 Å². The number of carbonyl (C=O) groups excluding carboxylic acids is 1. The van der Waals surface area contributed by atoms with E-state index in [9.17, 15) is 4.79 Å². The minimum Gasteiger partial charge on any atom is -0.349 e. The molecular weight excluding hydrogens is 248 g/mol. The number of aromatic amines is 1. The molecular formula is C8H11BrN4O. The van der Waals surface area contributed by atoms with Crippen LogP contribution in [0.25, 0.3) is 0 Å². The molecule has 6 heteroatoms. The van der Waals surface area contributed by atoms with Gasteiger partial charge in [0, 0.05) is 11.4 Å². The molecule has 1 aliphatic carbocycles. The number of H-pyrrole nitrogens is 1. The highest BCUT2D eigenvalue weighted by molar-refractivity contribution is 9.09. The van der Waals surface area contributed by atoms with Crippen LogP contribution in [0.15, 0.2) is 6.20 Å². The molecule has 1 aromatic heterocycles. The lowest BCUT2D eigenvalue weighted by Crippen LogP contribution is -2.30. The van der Waals surface area contributed by atoms with Gasteiger partial charge < -0.3 is 5.32 Å². The number of rotatable bonds is 4. The smallest absolute Gasteiger partial charge is 0.273 e. The summed E-state index contributed by atoms with van der Waals surface area (Å²) in [4.78, 5) is 11.8. The normalized spacial score (nSPS) is 17.8. The third-order valence-corrected chi connectivity index (χ3v) is 3.31. The van der Waals surface area contributed by atoms with Gasteiger partial charge in [-0.25, -0.2) is 0 Å². The molecule has 1 aliphatic rings. The first-order valence-corrected chi connectivity index (χ1v) is 5.47. The number of nitrogens with one attached hydrogen (secondary N) is 2. The van der Waals surface area contributed by atoms with E-state index in [0.717, 1.165) is 5.92 Å². The standard InChI is InChI=1S/C8H11BrN4O/c9-6(5-1-2-5)3-10-8(14)7-4-11-13-12-7/h4-6H,1-3H2,(H,10,14)(H,11,12,13). The number of hydrogen-bond donors (Lipinski definition) is 2. The van der Waals surface area contributed by atoms with Crippen molar-refractivity contribution in [3.05, 3.63) is 11.9 Å². The largest absolute Gasteiger partial charge is 0.349 e. The zero-order valence-corrected chi connectivity index (χ0v) is 9.12. The van der Waals surface area contributed by atoms with Crippen LogP contribution in [-0.4, -0.2) is 32.7 Å². The Morgan fingerprint density at radius 2 is 2.57 bits per heavy atom. The second kappa shape index (κ2) is 4.08. The van der Waals surface area contributed by atoms with Crippen LogP contribution < -0.4 is 5.32 Å². The summed E-state index contributed by atoms with van der Waals surface area (Å²) in [5, 5.41) is 12.5. The Labute approximate surface area is 89.8 Å². The molecule has 0 radical (unpaired) electrons. The van der Waals surface area contributed by atoms with E-state index in [2.05, 4.69) is 36.7 Å². The first kappa shape index (κ1) is 9.64. The molecule has 0 aromatic carbocycles. The third kappa shape index (κ3) is 2.31. The Bertz CT molecular complexity index is 309. The Kier molecular flexibility index (Phi) is 2.81. The van der Waals surface area contributed by atoms with Crippen LogP contribution in [0.5, 0.6) is 0 Å². The van der Waals surface area contributed by atoms with Crippen LogP contribution in [0.3, 0.4) is 0 Å². The molecule has 1 heterocycles. The van der Waals surface area contributed by atoms with E-state index in [1.807, 2.05) is 0 Å². The monoisotopic (exact) mass is 258 g/mol. The van der Waals surface area contributed by atoms with Crippen molar-refractivity contribution in [2.45, 2.75) is 17.7 Å². The number of nitrogens with zero attached hydrogens (tertiary/aromatic N) is 2. The molecule has 1 amide bonds. The number of aromatic nitrogens is 3. The fraction of sp³-hybridized carbons (Fsp3) is 0.625. The second-order valence-electron chi connectivity index (χ2n) is 3.42. The van der Waals surface area contributed by atoms with Gasteiger partial charge >= 0.3 is 0 Å². The fourth-order valence-corrected chi connectivity index (χ4v) is 1.91. The van der Waals surface area contributed by atoms with Gasteiger partial charge in [0.2, 0.25) is 0 Å². The molecule has 0 bridgehead atoms. The molecule has 0 aliphatic heterocycles. The van der Waals surface area contributed by atoms with E-state index in [4.69, 9.17) is 0 Å². The molecule has 1 unspecified atom stereocenters. The SMILES string of the molecule is O=C(NCC(Br)C1CC1)c1cn[nH]n1. The summed E-state index contributed by atoms with van der Waals surface area (Å²) >= 11 is 3.54. The quantitative estimate of drug-likeness (QED) is 0.782. The summed E-state index contributed by atoms with van der Waals surface area (Å²) in [5.41, 5.74) is 0.334. The summed E-state index contributed by atoms with van der Waals surface area (Å²) in [6.07, 6.45) is 3.93. The average Bonchev–Trinajstić information content (AvgIpc) is 2.90. The maximum Gasteiger partial charge on any atom is 0.273 e. The van der Waals surface area contributed by atoms with E-state index >= 15 is 0 Å². The molecule has 0 saturated heterocycles. The predicted octanol–water partition coefficient (Wildman–Crippen LogP) is 0.708. The van der Waals surface area contributed by atoms with E-state index in [0.29, 0.717) is 17.1 Å². The van der Waals surface area contributed by atoms with Gasteiger partial charge in [-0.3, -0.25) is 4.79 Å². The van der Waals surface area contributed by atoms with Gasteiger partial charge in [0.25, 0.3) is 5.91 Å². The summed E-state index contributed by atoms with van der Waals surface area (Å²) in [6, 6.07) is 0. The first-order valence-electron chi connectivity index (χ1n) is 4.55. The average molecular weight is 259 g/mol. The van der Waals surface area contributed by atoms with Crippen molar-refractivity contribution < 1.29 is 4.79 Å². The van der Waals surface area contributed by atoms with E-state index in [-0.39, 0.29) is 5.91 Å². The molecule has 0 spiro atoms. The molecule has 14 heavy (non-hydrogen) atoms. The van der Waals surface area contributed by atoms with Gasteiger partial charge in [-0.1, -0.05) is 15.9 Å². The number of hydrogen-bond acceptors (Lipinski definition) is 3. The molecule has 2 rings (SSSR count). The zero-order valence-electron chi connectivity index (χ0n) is 7.53. The summed E-state index contributed by atoms with van der Waals surface area (Å²) in [6.45, 7) is 0.649. The Balaban J connectivity index is 1.77. The van der Waals surface area contributed by atoms with Crippen molar-refractivity contribution in [3.8, 4) is 0 Å². The van der Waals surface area contributed by atoms with Gasteiger partial charge in [0.1, 0.15) is 0 Å². The third-order valence-electron chi connectivity index (χ3n) is 2.24. The van der Waals surface area contributed by atoms with Gasteiger partial charge in [0.15, 0.2) is 5.69 Å². The summed E-state index contributed by atoms with van der Waals surface area (Å²) < 4.78 is 0. The molecule has 1 aromatic rings. The van der Waals surface area contributed by atoms with Crippen LogP contribution in [-0.2, 0) is 0 Å². The first-order chi connectivity index (χ1) is 6.77. The number of amides is 1. The number of halogens is 1. The van der Waals surface area contributed by atoms with Crippen molar-refractivity contribution in [1.82, 2.24) is 20.7 Å².